The largest absolute Gasteiger partial charge is 0.475 e. The Morgan fingerprint density at radius 3 is 2.80 bits per heavy atom. The Labute approximate surface area is 228 Å². The Morgan fingerprint density at radius 2 is 2.08 bits per heavy atom. The lowest BCUT2D eigenvalue weighted by molar-refractivity contribution is -0.149. The summed E-state index contributed by atoms with van der Waals surface area (Å²) in [4.78, 5) is 42.1. The molecule has 3 amide bonds. The summed E-state index contributed by atoms with van der Waals surface area (Å²) in [6.45, 7) is 6.27. The molecular weight excluding hydrogens is 535 g/mol. The lowest BCUT2D eigenvalue weighted by atomic mass is 10.0. The first-order chi connectivity index (χ1) is 18.9. The fourth-order valence-electron chi connectivity index (χ4n) is 4.80. The van der Waals surface area contributed by atoms with Gasteiger partial charge in [0.25, 0.3) is 5.91 Å². The van der Waals surface area contributed by atoms with Crippen LogP contribution in [0.5, 0.6) is 5.88 Å². The number of amides is 3. The molecule has 0 aromatic carbocycles. The van der Waals surface area contributed by atoms with Crippen LogP contribution in [0.3, 0.4) is 0 Å². The van der Waals surface area contributed by atoms with E-state index >= 15 is 0 Å². The van der Waals surface area contributed by atoms with E-state index < -0.39 is 35.8 Å². The maximum atomic E-state index is 13.5. The minimum atomic E-state index is -4.63. The third kappa shape index (κ3) is 6.04. The highest BCUT2D eigenvalue weighted by Crippen LogP contribution is 2.37. The maximum absolute atomic E-state index is 13.5. The quantitative estimate of drug-likeness (QED) is 0.543. The third-order valence-corrected chi connectivity index (χ3v) is 6.78. The predicted octanol–water partition coefficient (Wildman–Crippen LogP) is 3.10. The van der Waals surface area contributed by atoms with Crippen LogP contribution >= 0.6 is 0 Å². The first kappa shape index (κ1) is 27.8. The molecule has 3 aliphatic rings. The smallest absolute Gasteiger partial charge is 0.408 e. The highest BCUT2D eigenvalue weighted by atomic mass is 19.4. The first-order valence-electron chi connectivity index (χ1n) is 12.9. The van der Waals surface area contributed by atoms with Crippen LogP contribution in [0.1, 0.15) is 44.2 Å². The number of fused-ring (bicyclic) bond motifs is 4. The zero-order chi connectivity index (χ0) is 28.7. The van der Waals surface area contributed by atoms with Gasteiger partial charge in [0, 0.05) is 19.2 Å². The molecule has 0 saturated carbocycles. The third-order valence-electron chi connectivity index (χ3n) is 6.78. The van der Waals surface area contributed by atoms with Crippen LogP contribution in [0.15, 0.2) is 24.4 Å². The standard InChI is InChI=1S/C25H30F3N7O5/c1-14(25(26,27)28)30-22(36)20-29-10-17-21(33-20)35(15-6-5-9-34(17)11-15)23(37)32-18-7-4-8-19(31-18)38-12-16-13-39-24(2,3)40-16/h4,7-8,10,14-16H,5-6,9,11-13H2,1-3H3,(H,30,36)(H,31,32,37)/t14?,15-,16-/m0/s1. The normalized spacial score (nSPS) is 22.4. The molecule has 40 heavy (non-hydrogen) atoms. The number of aromatic nitrogens is 3. The molecule has 3 atom stereocenters. The second kappa shape index (κ2) is 10.7. The molecule has 0 radical (unpaired) electrons. The van der Waals surface area contributed by atoms with Gasteiger partial charge in [-0.1, -0.05) is 6.07 Å². The van der Waals surface area contributed by atoms with Crippen molar-refractivity contribution in [1.29, 1.82) is 0 Å². The Balaban J connectivity index is 1.33. The summed E-state index contributed by atoms with van der Waals surface area (Å²) in [5.41, 5.74) is 0.512. The van der Waals surface area contributed by atoms with E-state index in [4.69, 9.17) is 14.2 Å². The molecule has 2 aromatic heterocycles. The highest BCUT2D eigenvalue weighted by Gasteiger charge is 2.41. The molecular formula is C25H30F3N7O5. The van der Waals surface area contributed by atoms with Crippen molar-refractivity contribution in [2.75, 3.05) is 41.4 Å². The van der Waals surface area contributed by atoms with Crippen molar-refractivity contribution in [2.24, 2.45) is 0 Å². The van der Waals surface area contributed by atoms with Crippen molar-refractivity contribution in [2.45, 2.75) is 63.8 Å². The Bertz CT molecular complexity index is 1280. The predicted molar refractivity (Wildman–Crippen MR) is 136 cm³/mol. The molecule has 15 heteroatoms. The monoisotopic (exact) mass is 565 g/mol. The SMILES string of the molecule is CC(NC(=O)c1ncc2c(n1)N(C(=O)Nc1cccc(OC[C@H]3COC(C)(C)O3)n1)[C@H]1CCCN2C1)C(F)(F)F. The van der Waals surface area contributed by atoms with E-state index in [2.05, 4.69) is 20.3 Å². The molecule has 3 aliphatic heterocycles. The van der Waals surface area contributed by atoms with Gasteiger partial charge < -0.3 is 24.4 Å². The number of hydrogen-bond acceptors (Lipinski definition) is 9. The van der Waals surface area contributed by atoms with E-state index in [1.165, 1.54) is 11.1 Å². The second-order valence-electron chi connectivity index (χ2n) is 10.3. The van der Waals surface area contributed by atoms with Crippen LogP contribution in [-0.2, 0) is 9.47 Å². The van der Waals surface area contributed by atoms with Crippen molar-refractivity contribution < 1.29 is 37.0 Å². The Hall–Kier alpha value is -3.72. The fraction of sp³-hybridized carbons (Fsp3) is 0.560. The summed E-state index contributed by atoms with van der Waals surface area (Å²) in [6, 6.07) is 1.99. The van der Waals surface area contributed by atoms with E-state index in [9.17, 15) is 22.8 Å². The maximum Gasteiger partial charge on any atom is 0.408 e. The van der Waals surface area contributed by atoms with Gasteiger partial charge in [0.2, 0.25) is 11.7 Å². The van der Waals surface area contributed by atoms with E-state index in [0.717, 1.165) is 13.3 Å². The van der Waals surface area contributed by atoms with Crippen molar-refractivity contribution >= 4 is 29.3 Å². The van der Waals surface area contributed by atoms with Crippen LogP contribution in [0.2, 0.25) is 0 Å². The summed E-state index contributed by atoms with van der Waals surface area (Å²) in [6.07, 6.45) is -2.04. The minimum Gasteiger partial charge on any atom is -0.475 e. The minimum absolute atomic E-state index is 0.140. The molecule has 5 heterocycles. The molecule has 12 nitrogen and oxygen atoms in total. The number of urea groups is 1. The molecule has 0 aliphatic carbocycles. The van der Waals surface area contributed by atoms with Gasteiger partial charge in [-0.2, -0.15) is 18.2 Å². The highest BCUT2D eigenvalue weighted by molar-refractivity contribution is 6.04. The molecule has 5 rings (SSSR count). The molecule has 216 valence electrons. The number of hydrogen-bond donors (Lipinski definition) is 2. The fourth-order valence-corrected chi connectivity index (χ4v) is 4.80. The van der Waals surface area contributed by atoms with Crippen LogP contribution in [0.25, 0.3) is 0 Å². The van der Waals surface area contributed by atoms with E-state index in [0.29, 0.717) is 31.8 Å². The van der Waals surface area contributed by atoms with E-state index in [1.807, 2.05) is 24.1 Å². The average molecular weight is 566 g/mol. The number of carbonyl (C=O) groups excluding carboxylic acids is 2. The first-order valence-corrected chi connectivity index (χ1v) is 12.9. The number of rotatable bonds is 6. The van der Waals surface area contributed by atoms with Crippen LogP contribution in [0.4, 0.5) is 35.3 Å². The second-order valence-corrected chi connectivity index (χ2v) is 10.3. The molecule has 1 unspecified atom stereocenters. The van der Waals surface area contributed by atoms with Crippen LogP contribution in [-0.4, -0.2) is 83.3 Å². The van der Waals surface area contributed by atoms with Crippen molar-refractivity contribution in [3.8, 4) is 5.88 Å². The zero-order valence-corrected chi connectivity index (χ0v) is 22.2. The zero-order valence-electron chi connectivity index (χ0n) is 22.2. The lowest BCUT2D eigenvalue weighted by Gasteiger charge is -2.45. The van der Waals surface area contributed by atoms with E-state index in [1.54, 1.807) is 18.2 Å². The lowest BCUT2D eigenvalue weighted by Crippen LogP contribution is -2.56. The Morgan fingerprint density at radius 1 is 1.27 bits per heavy atom. The number of carbonyl (C=O) groups is 2. The number of alkyl halides is 3. The molecule has 2 N–H and O–H groups in total. The van der Waals surface area contributed by atoms with Gasteiger partial charge in [0.1, 0.15) is 24.6 Å². The summed E-state index contributed by atoms with van der Waals surface area (Å²) in [5.74, 6) is -1.61. The van der Waals surface area contributed by atoms with Gasteiger partial charge >= 0.3 is 12.2 Å². The summed E-state index contributed by atoms with van der Waals surface area (Å²) in [5, 5.41) is 4.61. The number of anilines is 3. The average Bonchev–Trinajstić information content (AvgIpc) is 3.25. The number of nitrogens with one attached hydrogen (secondary N) is 2. The van der Waals surface area contributed by atoms with Crippen molar-refractivity contribution in [1.82, 2.24) is 20.3 Å². The van der Waals surface area contributed by atoms with Gasteiger partial charge in [0.15, 0.2) is 11.6 Å². The van der Waals surface area contributed by atoms with Gasteiger partial charge in [-0.05, 0) is 39.7 Å². The summed E-state index contributed by atoms with van der Waals surface area (Å²) < 4.78 is 55.9. The molecule has 2 saturated heterocycles. The van der Waals surface area contributed by atoms with Gasteiger partial charge in [-0.15, -0.1) is 0 Å². The van der Waals surface area contributed by atoms with Crippen LogP contribution in [0, 0.1) is 0 Å². The molecule has 0 spiro atoms. The summed E-state index contributed by atoms with van der Waals surface area (Å²) in [7, 11) is 0. The molecule has 2 fully saturated rings. The van der Waals surface area contributed by atoms with Gasteiger partial charge in [0.05, 0.1) is 24.5 Å². The number of nitrogens with zero attached hydrogens (tertiary/aromatic N) is 5. The van der Waals surface area contributed by atoms with Crippen molar-refractivity contribution in [3.05, 3.63) is 30.2 Å². The van der Waals surface area contributed by atoms with Gasteiger partial charge in [-0.25, -0.2) is 14.8 Å². The molecule has 2 bridgehead atoms. The number of pyridine rings is 1. The van der Waals surface area contributed by atoms with Crippen molar-refractivity contribution in [3.63, 3.8) is 0 Å². The summed E-state index contributed by atoms with van der Waals surface area (Å²) >= 11 is 0. The number of halogens is 3. The Kier molecular flexibility index (Phi) is 7.44. The number of piperidine rings is 1. The van der Waals surface area contributed by atoms with E-state index in [-0.39, 0.29) is 36.3 Å². The topological polar surface area (TPSA) is 131 Å². The van der Waals surface area contributed by atoms with Gasteiger partial charge in [-0.3, -0.25) is 15.0 Å². The molecule has 2 aromatic rings. The number of ether oxygens (including phenoxy) is 3. The van der Waals surface area contributed by atoms with Crippen LogP contribution < -0.4 is 25.2 Å².